The Morgan fingerprint density at radius 1 is 0.840 bits per heavy atom. The maximum Gasteiger partial charge on any atom is 0.300 e. The third-order valence-corrected chi connectivity index (χ3v) is 4.58. The predicted molar refractivity (Wildman–Crippen MR) is 109 cm³/mol. The fourth-order valence-corrected chi connectivity index (χ4v) is 2.97. The number of allylic oxidation sites excluding steroid dienone is 1. The summed E-state index contributed by atoms with van der Waals surface area (Å²) in [6.45, 7) is 12.9. The van der Waals surface area contributed by atoms with Gasteiger partial charge < -0.3 is 10.2 Å². The zero-order valence-corrected chi connectivity index (χ0v) is 17.7. The fraction of sp³-hybridized carbons (Fsp3) is 0.864. The van der Waals surface area contributed by atoms with Crippen LogP contribution in [0, 0.1) is 17.8 Å². The van der Waals surface area contributed by atoms with Gasteiger partial charge in [0.2, 0.25) is 0 Å². The molecule has 0 aliphatic rings. The van der Waals surface area contributed by atoms with E-state index in [0.29, 0.717) is 0 Å². The van der Waals surface area contributed by atoms with E-state index in [1.807, 2.05) is 6.08 Å². The Hall–Kier alpha value is -0.830. The molecule has 25 heavy (non-hydrogen) atoms. The van der Waals surface area contributed by atoms with Crippen LogP contribution in [-0.2, 0) is 4.79 Å². The molecule has 0 aliphatic heterocycles. The summed E-state index contributed by atoms with van der Waals surface area (Å²) in [5.74, 6) is 1.79. The lowest BCUT2D eigenvalue weighted by atomic mass is 9.91. The van der Waals surface area contributed by atoms with Crippen molar-refractivity contribution in [2.75, 3.05) is 6.61 Å². The molecule has 0 aliphatic carbocycles. The predicted octanol–water partition coefficient (Wildman–Crippen LogP) is 6.46. The minimum Gasteiger partial charge on any atom is -0.481 e. The van der Waals surface area contributed by atoms with Crippen LogP contribution in [0.15, 0.2) is 11.6 Å². The lowest BCUT2D eigenvalue weighted by molar-refractivity contribution is -0.134. The van der Waals surface area contributed by atoms with E-state index in [9.17, 15) is 0 Å². The van der Waals surface area contributed by atoms with E-state index in [0.717, 1.165) is 31.1 Å². The molecule has 0 spiro atoms. The zero-order chi connectivity index (χ0) is 19.7. The van der Waals surface area contributed by atoms with Gasteiger partial charge in [0, 0.05) is 6.92 Å². The molecule has 0 unspecified atom stereocenters. The van der Waals surface area contributed by atoms with Crippen LogP contribution in [0.1, 0.15) is 99.3 Å². The summed E-state index contributed by atoms with van der Waals surface area (Å²) < 4.78 is 0. The van der Waals surface area contributed by atoms with Gasteiger partial charge in [0.1, 0.15) is 0 Å². The minimum atomic E-state index is -0.833. The van der Waals surface area contributed by atoms with Gasteiger partial charge >= 0.3 is 0 Å². The van der Waals surface area contributed by atoms with E-state index in [-0.39, 0.29) is 6.61 Å². The van der Waals surface area contributed by atoms with Crippen molar-refractivity contribution in [2.24, 2.45) is 17.8 Å². The highest BCUT2D eigenvalue weighted by molar-refractivity contribution is 5.62. The number of carboxylic acids is 1. The van der Waals surface area contributed by atoms with Gasteiger partial charge in [0.25, 0.3) is 5.97 Å². The largest absolute Gasteiger partial charge is 0.481 e. The number of hydrogen-bond donors (Lipinski definition) is 2. The Kier molecular flexibility index (Phi) is 19.0. The van der Waals surface area contributed by atoms with Crippen molar-refractivity contribution in [3.8, 4) is 0 Å². The van der Waals surface area contributed by atoms with Gasteiger partial charge in [-0.1, -0.05) is 84.3 Å². The molecule has 0 aromatic heterocycles. The van der Waals surface area contributed by atoms with E-state index in [4.69, 9.17) is 15.0 Å². The summed E-state index contributed by atoms with van der Waals surface area (Å²) >= 11 is 0. The van der Waals surface area contributed by atoms with Crippen LogP contribution in [0.25, 0.3) is 0 Å². The topological polar surface area (TPSA) is 57.5 Å². The first-order chi connectivity index (χ1) is 11.7. The summed E-state index contributed by atoms with van der Waals surface area (Å²) in [5.41, 5.74) is 1.34. The number of rotatable bonds is 13. The number of hydrogen-bond acceptors (Lipinski definition) is 2. The highest BCUT2D eigenvalue weighted by Crippen LogP contribution is 2.21. The van der Waals surface area contributed by atoms with E-state index in [1.54, 1.807) is 0 Å². The van der Waals surface area contributed by atoms with Crippen LogP contribution < -0.4 is 0 Å². The number of aliphatic carboxylic acids is 1. The average molecular weight is 357 g/mol. The summed E-state index contributed by atoms with van der Waals surface area (Å²) in [5, 5.41) is 16.2. The Labute approximate surface area is 156 Å². The second-order valence-corrected chi connectivity index (χ2v) is 8.11. The molecule has 2 N–H and O–H groups in total. The van der Waals surface area contributed by atoms with Gasteiger partial charge in [-0.15, -0.1) is 0 Å². The monoisotopic (exact) mass is 356 g/mol. The molecule has 3 nitrogen and oxygen atoms in total. The Balaban J connectivity index is 0. The molecule has 150 valence electrons. The van der Waals surface area contributed by atoms with Crippen LogP contribution in [-0.4, -0.2) is 22.8 Å². The third kappa shape index (κ3) is 25.5. The Morgan fingerprint density at radius 3 is 1.64 bits per heavy atom. The SMILES string of the molecule is C/C(=C\CO)CCC[C@H](C)CCC[C@H](C)CCCC(C)C.CC(=O)O. The van der Waals surface area contributed by atoms with Crippen molar-refractivity contribution in [3.05, 3.63) is 11.6 Å². The van der Waals surface area contributed by atoms with E-state index < -0.39 is 5.97 Å². The smallest absolute Gasteiger partial charge is 0.300 e. The molecular weight excluding hydrogens is 312 g/mol. The molecule has 0 amide bonds. The molecule has 0 rings (SSSR count). The van der Waals surface area contributed by atoms with Gasteiger partial charge in [-0.2, -0.15) is 0 Å². The number of carbonyl (C=O) groups is 1. The van der Waals surface area contributed by atoms with Gasteiger partial charge in [0.15, 0.2) is 0 Å². The fourth-order valence-electron chi connectivity index (χ4n) is 2.97. The van der Waals surface area contributed by atoms with Gasteiger partial charge in [-0.25, -0.2) is 0 Å². The van der Waals surface area contributed by atoms with E-state index in [1.165, 1.54) is 56.9 Å². The van der Waals surface area contributed by atoms with Crippen LogP contribution in [0.3, 0.4) is 0 Å². The van der Waals surface area contributed by atoms with Crippen molar-refractivity contribution in [1.82, 2.24) is 0 Å². The van der Waals surface area contributed by atoms with Gasteiger partial charge in [0.05, 0.1) is 6.61 Å². The molecule has 0 radical (unpaired) electrons. The second-order valence-electron chi connectivity index (χ2n) is 8.11. The lowest BCUT2D eigenvalue weighted by Gasteiger charge is -2.15. The standard InChI is InChI=1S/C20H40O.C2H4O2/c1-17(2)9-6-10-18(3)11-7-12-19(4)13-8-14-20(5)15-16-21;1-2(3)4/h15,17-19,21H,6-14,16H2,1-5H3;1H3,(H,3,4)/b20-15+;/t18-,19-;/m1./s1. The van der Waals surface area contributed by atoms with Crippen molar-refractivity contribution in [3.63, 3.8) is 0 Å². The van der Waals surface area contributed by atoms with Crippen molar-refractivity contribution >= 4 is 5.97 Å². The number of aliphatic hydroxyl groups excluding tert-OH is 1. The third-order valence-electron chi connectivity index (χ3n) is 4.58. The molecular formula is C22H44O3. The summed E-state index contributed by atoms with van der Waals surface area (Å²) in [4.78, 5) is 9.00. The molecule has 2 atom stereocenters. The van der Waals surface area contributed by atoms with E-state index >= 15 is 0 Å². The first kappa shape index (κ1) is 26.4. The zero-order valence-electron chi connectivity index (χ0n) is 17.7. The average Bonchev–Trinajstić information content (AvgIpc) is 2.46. The highest BCUT2D eigenvalue weighted by Gasteiger charge is 2.06. The maximum atomic E-state index is 9.00. The Morgan fingerprint density at radius 2 is 1.24 bits per heavy atom. The first-order valence-electron chi connectivity index (χ1n) is 10.1. The quantitative estimate of drug-likeness (QED) is 0.372. The molecule has 0 bridgehead atoms. The molecule has 0 heterocycles. The Bertz CT molecular complexity index is 330. The number of aliphatic hydroxyl groups is 1. The summed E-state index contributed by atoms with van der Waals surface area (Å²) in [7, 11) is 0. The van der Waals surface area contributed by atoms with E-state index in [2.05, 4.69) is 34.6 Å². The van der Waals surface area contributed by atoms with Crippen molar-refractivity contribution in [1.29, 1.82) is 0 Å². The molecule has 0 aromatic carbocycles. The highest BCUT2D eigenvalue weighted by atomic mass is 16.4. The lowest BCUT2D eigenvalue weighted by Crippen LogP contribution is -2.00. The normalized spacial score (nSPS) is 14.0. The van der Waals surface area contributed by atoms with Crippen molar-refractivity contribution < 1.29 is 15.0 Å². The summed E-state index contributed by atoms with van der Waals surface area (Å²) in [6, 6.07) is 0. The molecule has 0 saturated carbocycles. The molecule has 0 saturated heterocycles. The minimum absolute atomic E-state index is 0.191. The van der Waals surface area contributed by atoms with Crippen LogP contribution in [0.4, 0.5) is 0 Å². The van der Waals surface area contributed by atoms with Crippen LogP contribution >= 0.6 is 0 Å². The van der Waals surface area contributed by atoms with Crippen LogP contribution in [0.2, 0.25) is 0 Å². The van der Waals surface area contributed by atoms with Gasteiger partial charge in [-0.05, 0) is 37.5 Å². The first-order valence-corrected chi connectivity index (χ1v) is 10.1. The van der Waals surface area contributed by atoms with Gasteiger partial charge in [-0.3, -0.25) is 4.79 Å². The molecule has 0 aromatic rings. The second kappa shape index (κ2) is 18.0. The summed E-state index contributed by atoms with van der Waals surface area (Å²) in [6.07, 6.45) is 14.1. The van der Waals surface area contributed by atoms with Crippen molar-refractivity contribution in [2.45, 2.75) is 99.3 Å². The maximum absolute atomic E-state index is 9.00. The number of carboxylic acid groups (broad SMARTS) is 1. The van der Waals surface area contributed by atoms with Crippen LogP contribution in [0.5, 0.6) is 0 Å². The molecule has 3 heteroatoms. The molecule has 0 fully saturated rings.